The Labute approximate surface area is 169 Å². The molecule has 2 aliphatic heterocycles. The van der Waals surface area contributed by atoms with Crippen molar-refractivity contribution >= 4 is 21.8 Å². The summed E-state index contributed by atoms with van der Waals surface area (Å²) in [4.78, 5) is 5.18. The largest absolute Gasteiger partial charge is 0.294 e. The number of para-hydroxylation sites is 3. The van der Waals surface area contributed by atoms with Gasteiger partial charge in [-0.1, -0.05) is 84.9 Å². The molecule has 0 amide bonds. The van der Waals surface area contributed by atoms with Crippen LogP contribution in [0.2, 0.25) is 0 Å². The van der Waals surface area contributed by atoms with Crippen LogP contribution in [-0.2, 0) is 0 Å². The quantitative estimate of drug-likeness (QED) is 0.322. The Morgan fingerprint density at radius 2 is 1.31 bits per heavy atom. The summed E-state index contributed by atoms with van der Waals surface area (Å²) in [5, 5.41) is 2.40. The fraction of sp³-hybridized carbons (Fsp3) is 0. The van der Waals surface area contributed by atoms with Crippen LogP contribution in [0.5, 0.6) is 0 Å². The first-order valence-electron chi connectivity index (χ1n) is 9.84. The van der Waals surface area contributed by atoms with Gasteiger partial charge in [-0.2, -0.15) is 0 Å². The Balaban J connectivity index is 1.78. The van der Waals surface area contributed by atoms with Crippen molar-refractivity contribution in [2.24, 2.45) is 0 Å². The smallest absolute Gasteiger partial charge is 0.146 e. The summed E-state index contributed by atoms with van der Waals surface area (Å²) in [7, 11) is 0. The number of hydrogen-bond donors (Lipinski definition) is 0. The Bertz CT molecular complexity index is 1430. The lowest BCUT2D eigenvalue weighted by molar-refractivity contribution is 1.07. The van der Waals surface area contributed by atoms with E-state index in [1.54, 1.807) is 0 Å². The lowest BCUT2D eigenvalue weighted by atomic mass is 10.0. The zero-order valence-electron chi connectivity index (χ0n) is 15.8. The predicted octanol–water partition coefficient (Wildman–Crippen LogP) is 6.95. The lowest BCUT2D eigenvalue weighted by Crippen LogP contribution is -2.02. The molecular weight excluding hydrogens is 352 g/mol. The second-order valence-corrected chi connectivity index (χ2v) is 7.29. The van der Waals surface area contributed by atoms with Crippen molar-refractivity contribution < 1.29 is 0 Å². The fourth-order valence-corrected chi connectivity index (χ4v) is 4.25. The van der Waals surface area contributed by atoms with E-state index in [9.17, 15) is 0 Å². The second kappa shape index (κ2) is 6.32. The first-order valence-corrected chi connectivity index (χ1v) is 9.84. The summed E-state index contributed by atoms with van der Waals surface area (Å²) in [6.45, 7) is 0. The SMILES string of the molecule is c1ccc(-c2cccc3c4cc5ccccc5n(-c5ccccc5)c-4nc23)cc1. The third-order valence-electron chi connectivity index (χ3n) is 5.57. The average molecular weight is 370 g/mol. The topological polar surface area (TPSA) is 17.8 Å². The summed E-state index contributed by atoms with van der Waals surface area (Å²) in [6, 6.07) is 38.3. The molecule has 4 aromatic carbocycles. The Kier molecular flexibility index (Phi) is 3.50. The standard InChI is InChI=1S/C27H18N2/c1-3-10-19(11-4-1)22-15-9-16-23-24-18-20-12-7-8-17-25(20)29(27(24)28-26(22)23)21-13-5-2-6-14-21/h1-18H. The van der Waals surface area contributed by atoms with Gasteiger partial charge in [-0.05, 0) is 35.2 Å². The highest BCUT2D eigenvalue weighted by Gasteiger charge is 2.20. The predicted molar refractivity (Wildman–Crippen MR) is 121 cm³/mol. The van der Waals surface area contributed by atoms with E-state index in [4.69, 9.17) is 4.98 Å². The monoisotopic (exact) mass is 370 g/mol. The summed E-state index contributed by atoms with van der Waals surface area (Å²) >= 11 is 0. The van der Waals surface area contributed by atoms with Crippen molar-refractivity contribution in [2.75, 3.05) is 0 Å². The highest BCUT2D eigenvalue weighted by atomic mass is 15.1. The molecule has 0 fully saturated rings. The summed E-state index contributed by atoms with van der Waals surface area (Å²) in [6.07, 6.45) is 0. The van der Waals surface area contributed by atoms with Gasteiger partial charge in [0.1, 0.15) is 5.82 Å². The number of pyridine rings is 1. The zero-order chi connectivity index (χ0) is 19.2. The Morgan fingerprint density at radius 1 is 0.586 bits per heavy atom. The van der Waals surface area contributed by atoms with Gasteiger partial charge < -0.3 is 0 Å². The maximum atomic E-state index is 5.18. The molecule has 0 unspecified atom stereocenters. The number of hydrogen-bond acceptors (Lipinski definition) is 1. The van der Waals surface area contributed by atoms with Crippen LogP contribution in [0.25, 0.3) is 50.0 Å². The molecule has 2 nitrogen and oxygen atoms in total. The van der Waals surface area contributed by atoms with Crippen LogP contribution in [0.4, 0.5) is 0 Å². The minimum Gasteiger partial charge on any atom is -0.294 e. The van der Waals surface area contributed by atoms with Gasteiger partial charge >= 0.3 is 0 Å². The molecule has 0 spiro atoms. The van der Waals surface area contributed by atoms with Gasteiger partial charge in [0.05, 0.1) is 11.0 Å². The molecule has 136 valence electrons. The molecule has 0 atom stereocenters. The Hall–Kier alpha value is -3.91. The van der Waals surface area contributed by atoms with Gasteiger partial charge in [0.15, 0.2) is 0 Å². The summed E-state index contributed by atoms with van der Waals surface area (Å²) in [5.74, 6) is 0.994. The van der Waals surface area contributed by atoms with Crippen LogP contribution in [-0.4, -0.2) is 9.55 Å². The van der Waals surface area contributed by atoms with Crippen LogP contribution in [0.1, 0.15) is 0 Å². The zero-order valence-corrected chi connectivity index (χ0v) is 15.8. The molecule has 0 saturated carbocycles. The van der Waals surface area contributed by atoms with Crippen molar-refractivity contribution in [3.8, 4) is 28.2 Å². The first-order chi connectivity index (χ1) is 14.4. The molecule has 4 aromatic rings. The molecule has 0 saturated heterocycles. The summed E-state index contributed by atoms with van der Waals surface area (Å²) < 4.78 is 2.28. The fourth-order valence-electron chi connectivity index (χ4n) is 4.25. The number of rotatable bonds is 2. The van der Waals surface area contributed by atoms with Crippen LogP contribution in [0.3, 0.4) is 0 Å². The van der Waals surface area contributed by atoms with E-state index in [1.807, 2.05) is 0 Å². The van der Waals surface area contributed by atoms with E-state index in [1.165, 1.54) is 27.5 Å². The first kappa shape index (κ1) is 16.1. The van der Waals surface area contributed by atoms with Gasteiger partial charge in [0.25, 0.3) is 0 Å². The molecule has 2 heterocycles. The molecule has 0 N–H and O–H groups in total. The van der Waals surface area contributed by atoms with Crippen LogP contribution < -0.4 is 0 Å². The van der Waals surface area contributed by atoms with Crippen LogP contribution in [0.15, 0.2) is 109 Å². The lowest BCUT2D eigenvalue weighted by Gasteiger charge is -2.16. The molecule has 29 heavy (non-hydrogen) atoms. The van der Waals surface area contributed by atoms with Crippen LogP contribution in [0, 0.1) is 0 Å². The molecular formula is C27H18N2. The molecule has 0 radical (unpaired) electrons. The maximum absolute atomic E-state index is 5.18. The van der Waals surface area contributed by atoms with E-state index in [-0.39, 0.29) is 0 Å². The van der Waals surface area contributed by atoms with Crippen LogP contribution >= 0.6 is 0 Å². The van der Waals surface area contributed by atoms with Crippen molar-refractivity contribution in [3.63, 3.8) is 0 Å². The van der Waals surface area contributed by atoms with E-state index in [2.05, 4.69) is 114 Å². The molecule has 0 aliphatic carbocycles. The average Bonchev–Trinajstić information content (AvgIpc) is 3.17. The number of aromatic nitrogens is 2. The van der Waals surface area contributed by atoms with Gasteiger partial charge in [-0.25, -0.2) is 4.98 Å². The van der Waals surface area contributed by atoms with Crippen molar-refractivity contribution in [3.05, 3.63) is 109 Å². The van der Waals surface area contributed by atoms with E-state index < -0.39 is 0 Å². The molecule has 2 aliphatic rings. The third-order valence-corrected chi connectivity index (χ3v) is 5.57. The van der Waals surface area contributed by atoms with Gasteiger partial charge in [0, 0.05) is 22.2 Å². The van der Waals surface area contributed by atoms with Gasteiger partial charge in [0.2, 0.25) is 0 Å². The van der Waals surface area contributed by atoms with Gasteiger partial charge in [-0.15, -0.1) is 0 Å². The minimum absolute atomic E-state index is 0.994. The third kappa shape index (κ3) is 2.46. The minimum atomic E-state index is 0.994. The highest BCUT2D eigenvalue weighted by Crippen LogP contribution is 2.39. The van der Waals surface area contributed by atoms with E-state index in [0.717, 1.165) is 22.5 Å². The molecule has 2 heteroatoms. The molecule has 6 rings (SSSR count). The second-order valence-electron chi connectivity index (χ2n) is 7.29. The number of fused-ring (bicyclic) bond motifs is 4. The van der Waals surface area contributed by atoms with Crippen molar-refractivity contribution in [1.82, 2.24) is 9.55 Å². The van der Waals surface area contributed by atoms with Gasteiger partial charge in [-0.3, -0.25) is 4.57 Å². The molecule has 0 bridgehead atoms. The van der Waals surface area contributed by atoms with E-state index >= 15 is 0 Å². The number of benzene rings is 4. The van der Waals surface area contributed by atoms with Crippen molar-refractivity contribution in [1.29, 1.82) is 0 Å². The maximum Gasteiger partial charge on any atom is 0.146 e. The van der Waals surface area contributed by atoms with E-state index in [0.29, 0.717) is 0 Å². The molecule has 0 aromatic heterocycles. The Morgan fingerprint density at radius 3 is 2.14 bits per heavy atom. The number of nitrogens with zero attached hydrogens (tertiary/aromatic N) is 2. The van der Waals surface area contributed by atoms with Crippen molar-refractivity contribution in [2.45, 2.75) is 0 Å². The highest BCUT2D eigenvalue weighted by molar-refractivity contribution is 6.06. The normalized spacial score (nSPS) is 11.4. The summed E-state index contributed by atoms with van der Waals surface area (Å²) in [5.41, 5.74) is 6.88.